The maximum Gasteiger partial charge on any atom is 0.335 e. The summed E-state index contributed by atoms with van der Waals surface area (Å²) in [5.41, 5.74) is 0.954. The number of carboxylic acids is 1. The number of carbonyl (C=O) groups is 2. The molecule has 0 fully saturated rings. The Morgan fingerprint density at radius 1 is 1.40 bits per heavy atom. The molecule has 1 aromatic carbocycles. The topological polar surface area (TPSA) is 57.6 Å². The van der Waals surface area contributed by atoms with E-state index in [1.807, 2.05) is 13.3 Å². The molecule has 1 N–H and O–H groups in total. The number of benzene rings is 1. The van der Waals surface area contributed by atoms with Gasteiger partial charge in [0, 0.05) is 18.8 Å². The fourth-order valence-corrected chi connectivity index (χ4v) is 2.86. The lowest BCUT2D eigenvalue weighted by Gasteiger charge is -2.27. The van der Waals surface area contributed by atoms with Crippen LogP contribution in [0.2, 0.25) is 0 Å². The molecular weight excluding hydrogens is 274 g/mol. The lowest BCUT2D eigenvalue weighted by atomic mass is 10.1. The highest BCUT2D eigenvalue weighted by atomic mass is 32.2. The minimum absolute atomic E-state index is 0.0217. The van der Waals surface area contributed by atoms with Crippen molar-refractivity contribution in [3.63, 3.8) is 0 Å². The predicted octanol–water partition coefficient (Wildman–Crippen LogP) is 2.53. The Hall–Kier alpha value is -1.49. The number of hydrogen-bond donors (Lipinski definition) is 1. The van der Waals surface area contributed by atoms with E-state index in [4.69, 9.17) is 5.11 Å². The second-order valence-corrected chi connectivity index (χ2v) is 5.62. The molecule has 0 aliphatic rings. The van der Waals surface area contributed by atoms with Crippen molar-refractivity contribution < 1.29 is 14.7 Å². The van der Waals surface area contributed by atoms with Gasteiger partial charge in [-0.15, -0.1) is 0 Å². The van der Waals surface area contributed by atoms with Crippen molar-refractivity contribution in [2.24, 2.45) is 0 Å². The van der Waals surface area contributed by atoms with Gasteiger partial charge in [0.1, 0.15) is 0 Å². The minimum Gasteiger partial charge on any atom is -0.478 e. The van der Waals surface area contributed by atoms with Crippen LogP contribution in [0, 0.1) is 0 Å². The SMILES string of the molecule is CCC(CSC)N(C)C(=O)Cc1cccc(C(=O)O)c1. The molecule has 0 heterocycles. The first-order valence-corrected chi connectivity index (χ1v) is 7.95. The molecule has 0 aromatic heterocycles. The number of nitrogens with zero attached hydrogens (tertiary/aromatic N) is 1. The third kappa shape index (κ3) is 4.56. The van der Waals surface area contributed by atoms with E-state index in [0.717, 1.165) is 17.7 Å². The zero-order valence-electron chi connectivity index (χ0n) is 12.1. The summed E-state index contributed by atoms with van der Waals surface area (Å²) in [7, 11) is 1.81. The molecule has 0 aliphatic carbocycles. The molecule has 0 aliphatic heterocycles. The van der Waals surface area contributed by atoms with Gasteiger partial charge in [-0.05, 0) is 30.4 Å². The molecule has 0 saturated heterocycles. The van der Waals surface area contributed by atoms with Crippen molar-refractivity contribution >= 4 is 23.6 Å². The Kier molecular flexibility index (Phi) is 6.58. The van der Waals surface area contributed by atoms with E-state index >= 15 is 0 Å². The quantitative estimate of drug-likeness (QED) is 0.840. The number of amides is 1. The van der Waals surface area contributed by atoms with Gasteiger partial charge in [-0.25, -0.2) is 4.79 Å². The van der Waals surface area contributed by atoms with Gasteiger partial charge < -0.3 is 10.0 Å². The van der Waals surface area contributed by atoms with Gasteiger partial charge in [-0.2, -0.15) is 11.8 Å². The maximum absolute atomic E-state index is 12.2. The highest BCUT2D eigenvalue weighted by Crippen LogP contribution is 2.12. The number of carbonyl (C=O) groups excluding carboxylic acids is 1. The average molecular weight is 295 g/mol. The molecule has 1 aromatic rings. The molecule has 0 saturated carbocycles. The van der Waals surface area contributed by atoms with Crippen LogP contribution in [-0.2, 0) is 11.2 Å². The van der Waals surface area contributed by atoms with Crippen LogP contribution in [0.1, 0.15) is 29.3 Å². The molecule has 5 heteroatoms. The van der Waals surface area contributed by atoms with Gasteiger partial charge in [0.25, 0.3) is 0 Å². The summed E-state index contributed by atoms with van der Waals surface area (Å²) in [5, 5.41) is 8.95. The predicted molar refractivity (Wildman–Crippen MR) is 82.3 cm³/mol. The average Bonchev–Trinajstić information content (AvgIpc) is 2.44. The fourth-order valence-electron chi connectivity index (χ4n) is 2.01. The van der Waals surface area contributed by atoms with Gasteiger partial charge in [-0.1, -0.05) is 19.1 Å². The summed E-state index contributed by atoms with van der Waals surface area (Å²) in [6.45, 7) is 2.07. The molecule has 1 rings (SSSR count). The summed E-state index contributed by atoms with van der Waals surface area (Å²) in [5.74, 6) is -0.0385. The molecule has 1 atom stereocenters. The first-order chi connectivity index (χ1) is 9.49. The number of likely N-dealkylation sites (N-methyl/N-ethyl adjacent to an activating group) is 1. The smallest absolute Gasteiger partial charge is 0.335 e. The molecule has 0 bridgehead atoms. The van der Waals surface area contributed by atoms with E-state index in [1.54, 1.807) is 34.9 Å². The first kappa shape index (κ1) is 16.6. The Morgan fingerprint density at radius 2 is 2.10 bits per heavy atom. The van der Waals surface area contributed by atoms with Gasteiger partial charge in [0.15, 0.2) is 0 Å². The fraction of sp³-hybridized carbons (Fsp3) is 0.467. The number of rotatable bonds is 7. The van der Waals surface area contributed by atoms with Crippen molar-refractivity contribution in [2.75, 3.05) is 19.1 Å². The Labute approximate surface area is 124 Å². The Morgan fingerprint density at radius 3 is 2.65 bits per heavy atom. The first-order valence-electron chi connectivity index (χ1n) is 6.56. The van der Waals surface area contributed by atoms with Crippen molar-refractivity contribution in [3.8, 4) is 0 Å². The molecule has 4 nitrogen and oxygen atoms in total. The van der Waals surface area contributed by atoms with Gasteiger partial charge in [0.2, 0.25) is 5.91 Å². The van der Waals surface area contributed by atoms with Crippen LogP contribution >= 0.6 is 11.8 Å². The van der Waals surface area contributed by atoms with Crippen molar-refractivity contribution in [3.05, 3.63) is 35.4 Å². The number of hydrogen-bond acceptors (Lipinski definition) is 3. The van der Waals surface area contributed by atoms with Crippen LogP contribution in [0.15, 0.2) is 24.3 Å². The van der Waals surface area contributed by atoms with Gasteiger partial charge >= 0.3 is 5.97 Å². The van der Waals surface area contributed by atoms with Gasteiger partial charge in [0.05, 0.1) is 12.0 Å². The van der Waals surface area contributed by atoms with E-state index in [9.17, 15) is 9.59 Å². The molecule has 20 heavy (non-hydrogen) atoms. The lowest BCUT2D eigenvalue weighted by Crippen LogP contribution is -2.39. The summed E-state index contributed by atoms with van der Waals surface area (Å²) in [6.07, 6.45) is 3.18. The molecule has 0 radical (unpaired) electrons. The highest BCUT2D eigenvalue weighted by molar-refractivity contribution is 7.98. The van der Waals surface area contributed by atoms with E-state index in [-0.39, 0.29) is 23.9 Å². The summed E-state index contributed by atoms with van der Waals surface area (Å²) < 4.78 is 0. The normalized spacial score (nSPS) is 11.9. The lowest BCUT2D eigenvalue weighted by molar-refractivity contribution is -0.130. The standard InChI is InChI=1S/C15H21NO3S/c1-4-13(10-20-3)16(2)14(17)9-11-6-5-7-12(8-11)15(18)19/h5-8,13H,4,9-10H2,1-3H3,(H,18,19). The number of thioether (sulfide) groups is 1. The van der Waals surface area contributed by atoms with Crippen LogP contribution in [0.4, 0.5) is 0 Å². The summed E-state index contributed by atoms with van der Waals surface area (Å²) in [4.78, 5) is 24.9. The Balaban J connectivity index is 2.74. The summed E-state index contributed by atoms with van der Waals surface area (Å²) >= 11 is 1.72. The Bertz CT molecular complexity index is 476. The number of aromatic carboxylic acids is 1. The molecular formula is C15H21NO3S. The zero-order chi connectivity index (χ0) is 15.1. The monoisotopic (exact) mass is 295 g/mol. The third-order valence-electron chi connectivity index (χ3n) is 3.30. The highest BCUT2D eigenvalue weighted by Gasteiger charge is 2.18. The van der Waals surface area contributed by atoms with E-state index in [0.29, 0.717) is 0 Å². The van der Waals surface area contributed by atoms with Crippen LogP contribution in [0.3, 0.4) is 0 Å². The van der Waals surface area contributed by atoms with Crippen LogP contribution in [0.5, 0.6) is 0 Å². The third-order valence-corrected chi connectivity index (χ3v) is 4.02. The largest absolute Gasteiger partial charge is 0.478 e. The van der Waals surface area contributed by atoms with Crippen LogP contribution in [0.25, 0.3) is 0 Å². The van der Waals surface area contributed by atoms with Crippen LogP contribution < -0.4 is 0 Å². The maximum atomic E-state index is 12.2. The van der Waals surface area contributed by atoms with E-state index in [1.165, 1.54) is 6.07 Å². The van der Waals surface area contributed by atoms with E-state index in [2.05, 4.69) is 6.92 Å². The molecule has 0 spiro atoms. The van der Waals surface area contributed by atoms with Crippen LogP contribution in [-0.4, -0.2) is 47.0 Å². The van der Waals surface area contributed by atoms with Gasteiger partial charge in [-0.3, -0.25) is 4.79 Å². The van der Waals surface area contributed by atoms with E-state index < -0.39 is 5.97 Å². The van der Waals surface area contributed by atoms with Crippen molar-refractivity contribution in [2.45, 2.75) is 25.8 Å². The molecule has 1 unspecified atom stereocenters. The minimum atomic E-state index is -0.971. The molecule has 1 amide bonds. The number of carboxylic acid groups (broad SMARTS) is 1. The zero-order valence-corrected chi connectivity index (χ0v) is 12.9. The molecule has 110 valence electrons. The second-order valence-electron chi connectivity index (χ2n) is 4.70. The summed E-state index contributed by atoms with van der Waals surface area (Å²) in [6, 6.07) is 6.77. The van der Waals surface area contributed by atoms with Crippen molar-refractivity contribution in [1.82, 2.24) is 4.90 Å². The van der Waals surface area contributed by atoms with Crippen molar-refractivity contribution in [1.29, 1.82) is 0 Å². The second kappa shape index (κ2) is 7.94.